The van der Waals surface area contributed by atoms with Crippen molar-refractivity contribution in [3.05, 3.63) is 35.4 Å². The lowest BCUT2D eigenvalue weighted by molar-refractivity contribution is 0.0697. The highest BCUT2D eigenvalue weighted by Gasteiger charge is 2.23. The summed E-state index contributed by atoms with van der Waals surface area (Å²) in [7, 11) is 0. The number of carboxylic acids is 1. The number of urea groups is 1. The molecule has 0 aromatic heterocycles. The minimum Gasteiger partial charge on any atom is -0.478 e. The first-order chi connectivity index (χ1) is 11.0. The molecule has 0 aliphatic carbocycles. The Balaban J connectivity index is 1.85. The average Bonchev–Trinajstić information content (AvgIpc) is 2.57. The number of hydrogen-bond acceptors (Lipinski definition) is 3. The molecule has 1 aromatic rings. The molecule has 6 heteroatoms. The molecule has 23 heavy (non-hydrogen) atoms. The first-order valence-electron chi connectivity index (χ1n) is 8.13. The van der Waals surface area contributed by atoms with Crippen LogP contribution in [-0.2, 0) is 6.54 Å². The van der Waals surface area contributed by atoms with Crippen molar-refractivity contribution in [2.45, 2.75) is 20.4 Å². The molecule has 0 bridgehead atoms. The van der Waals surface area contributed by atoms with E-state index in [9.17, 15) is 9.59 Å². The number of hydrogen-bond donors (Lipinski definition) is 1. The molecule has 126 valence electrons. The summed E-state index contributed by atoms with van der Waals surface area (Å²) in [4.78, 5) is 29.2. The van der Waals surface area contributed by atoms with Gasteiger partial charge in [0.15, 0.2) is 0 Å². The predicted molar refractivity (Wildman–Crippen MR) is 88.6 cm³/mol. The van der Waals surface area contributed by atoms with E-state index in [-0.39, 0.29) is 6.03 Å². The van der Waals surface area contributed by atoms with E-state index >= 15 is 0 Å². The van der Waals surface area contributed by atoms with Gasteiger partial charge in [-0.3, -0.25) is 4.90 Å². The Kier molecular flexibility index (Phi) is 5.98. The van der Waals surface area contributed by atoms with E-state index in [1.807, 2.05) is 35.8 Å². The van der Waals surface area contributed by atoms with Crippen molar-refractivity contribution >= 4 is 12.0 Å². The molecule has 1 aliphatic rings. The normalized spacial score (nSPS) is 15.5. The van der Waals surface area contributed by atoms with Crippen molar-refractivity contribution in [3.63, 3.8) is 0 Å². The van der Waals surface area contributed by atoms with Crippen LogP contribution < -0.4 is 0 Å². The molecule has 0 saturated carbocycles. The third-order valence-electron chi connectivity index (χ3n) is 4.28. The number of amides is 2. The molecule has 1 saturated heterocycles. The van der Waals surface area contributed by atoms with Gasteiger partial charge in [-0.25, -0.2) is 9.59 Å². The van der Waals surface area contributed by atoms with Crippen LogP contribution in [-0.4, -0.2) is 71.1 Å². The Labute approximate surface area is 137 Å². The zero-order valence-corrected chi connectivity index (χ0v) is 13.9. The molecule has 2 rings (SSSR count). The largest absolute Gasteiger partial charge is 0.478 e. The summed E-state index contributed by atoms with van der Waals surface area (Å²) < 4.78 is 0. The van der Waals surface area contributed by atoms with E-state index in [0.717, 1.165) is 51.4 Å². The molecule has 1 fully saturated rings. The van der Waals surface area contributed by atoms with Gasteiger partial charge in [-0.1, -0.05) is 12.1 Å². The highest BCUT2D eigenvalue weighted by molar-refractivity contribution is 5.87. The SMILES string of the molecule is CCN(CC)C(=O)N1CCN(Cc2ccc(C(=O)O)cc2)CC1. The summed E-state index contributed by atoms with van der Waals surface area (Å²) >= 11 is 0. The van der Waals surface area contributed by atoms with Crippen LogP contribution in [0.3, 0.4) is 0 Å². The number of rotatable bonds is 5. The van der Waals surface area contributed by atoms with Gasteiger partial charge in [0.25, 0.3) is 0 Å². The highest BCUT2D eigenvalue weighted by atomic mass is 16.4. The van der Waals surface area contributed by atoms with Gasteiger partial charge < -0.3 is 14.9 Å². The molecule has 6 nitrogen and oxygen atoms in total. The van der Waals surface area contributed by atoms with Crippen molar-refractivity contribution in [3.8, 4) is 0 Å². The summed E-state index contributed by atoms with van der Waals surface area (Å²) in [5.41, 5.74) is 1.40. The zero-order valence-electron chi connectivity index (χ0n) is 13.9. The lowest BCUT2D eigenvalue weighted by atomic mass is 10.1. The average molecular weight is 319 g/mol. The minimum atomic E-state index is -0.903. The van der Waals surface area contributed by atoms with Crippen molar-refractivity contribution < 1.29 is 14.7 Å². The molecule has 1 aromatic carbocycles. The fourth-order valence-electron chi connectivity index (χ4n) is 2.80. The summed E-state index contributed by atoms with van der Waals surface area (Å²) in [6.07, 6.45) is 0. The van der Waals surface area contributed by atoms with Gasteiger partial charge in [-0.2, -0.15) is 0 Å². The van der Waals surface area contributed by atoms with Crippen molar-refractivity contribution in [2.75, 3.05) is 39.3 Å². The Morgan fingerprint density at radius 3 is 2.09 bits per heavy atom. The van der Waals surface area contributed by atoms with Gasteiger partial charge in [-0.15, -0.1) is 0 Å². The van der Waals surface area contributed by atoms with Crippen molar-refractivity contribution in [2.24, 2.45) is 0 Å². The number of benzene rings is 1. The molecular weight excluding hydrogens is 294 g/mol. The fraction of sp³-hybridized carbons (Fsp3) is 0.529. The van der Waals surface area contributed by atoms with Crippen molar-refractivity contribution in [1.29, 1.82) is 0 Å². The number of nitrogens with zero attached hydrogens (tertiary/aromatic N) is 3. The highest BCUT2D eigenvalue weighted by Crippen LogP contribution is 2.11. The number of piperazine rings is 1. The van der Waals surface area contributed by atoms with Crippen LogP contribution in [0.2, 0.25) is 0 Å². The molecule has 1 heterocycles. The number of aromatic carboxylic acids is 1. The lowest BCUT2D eigenvalue weighted by Gasteiger charge is -2.37. The van der Waals surface area contributed by atoms with Gasteiger partial charge >= 0.3 is 12.0 Å². The van der Waals surface area contributed by atoms with Crippen molar-refractivity contribution in [1.82, 2.24) is 14.7 Å². The molecule has 0 atom stereocenters. The Morgan fingerprint density at radius 1 is 1.04 bits per heavy atom. The van der Waals surface area contributed by atoms with Gasteiger partial charge in [0.2, 0.25) is 0 Å². The first kappa shape index (κ1) is 17.3. The zero-order chi connectivity index (χ0) is 16.8. The molecule has 0 radical (unpaired) electrons. The predicted octanol–water partition coefficient (Wildman–Crippen LogP) is 1.96. The number of carboxylic acid groups (broad SMARTS) is 1. The maximum atomic E-state index is 12.3. The van der Waals surface area contributed by atoms with Crippen LogP contribution in [0.4, 0.5) is 4.79 Å². The fourth-order valence-corrected chi connectivity index (χ4v) is 2.80. The number of carbonyl (C=O) groups excluding carboxylic acids is 1. The second-order valence-electron chi connectivity index (χ2n) is 5.72. The smallest absolute Gasteiger partial charge is 0.335 e. The summed E-state index contributed by atoms with van der Waals surface area (Å²) in [6, 6.07) is 7.11. The van der Waals surface area contributed by atoms with E-state index in [1.165, 1.54) is 0 Å². The Hall–Kier alpha value is -2.08. The van der Waals surface area contributed by atoms with E-state index < -0.39 is 5.97 Å². The monoisotopic (exact) mass is 319 g/mol. The maximum absolute atomic E-state index is 12.3. The molecule has 2 amide bonds. The number of carbonyl (C=O) groups is 2. The van der Waals surface area contributed by atoms with Gasteiger partial charge in [0, 0.05) is 45.8 Å². The molecule has 1 aliphatic heterocycles. The standard InChI is InChI=1S/C17H25N3O3/c1-3-19(4-2)17(23)20-11-9-18(10-12-20)13-14-5-7-15(8-6-14)16(21)22/h5-8H,3-4,9-13H2,1-2H3,(H,21,22). The summed E-state index contributed by atoms with van der Waals surface area (Å²) in [5.74, 6) is -0.903. The van der Waals surface area contributed by atoms with E-state index in [1.54, 1.807) is 12.1 Å². The minimum absolute atomic E-state index is 0.125. The van der Waals surface area contributed by atoms with Gasteiger partial charge in [0.1, 0.15) is 0 Å². The van der Waals surface area contributed by atoms with Crippen LogP contribution in [0.5, 0.6) is 0 Å². The summed E-state index contributed by atoms with van der Waals surface area (Å²) in [5, 5.41) is 8.91. The third-order valence-corrected chi connectivity index (χ3v) is 4.28. The van der Waals surface area contributed by atoms with Crippen LogP contribution >= 0.6 is 0 Å². The summed E-state index contributed by atoms with van der Waals surface area (Å²) in [6.45, 7) is 9.42. The van der Waals surface area contributed by atoms with Crippen LogP contribution in [0, 0.1) is 0 Å². The molecule has 0 spiro atoms. The van der Waals surface area contributed by atoms with Crippen LogP contribution in [0.15, 0.2) is 24.3 Å². The molecular formula is C17H25N3O3. The molecule has 0 unspecified atom stereocenters. The second kappa shape index (κ2) is 7.97. The van der Waals surface area contributed by atoms with Crippen LogP contribution in [0.1, 0.15) is 29.8 Å². The van der Waals surface area contributed by atoms with E-state index in [2.05, 4.69) is 4.90 Å². The second-order valence-corrected chi connectivity index (χ2v) is 5.72. The quantitative estimate of drug-likeness (QED) is 0.901. The third kappa shape index (κ3) is 4.45. The maximum Gasteiger partial charge on any atom is 0.335 e. The van der Waals surface area contributed by atoms with Crippen LogP contribution in [0.25, 0.3) is 0 Å². The molecule has 1 N–H and O–H groups in total. The van der Waals surface area contributed by atoms with Gasteiger partial charge in [0.05, 0.1) is 5.56 Å². The lowest BCUT2D eigenvalue weighted by Crippen LogP contribution is -2.52. The Bertz CT molecular complexity index is 533. The first-order valence-corrected chi connectivity index (χ1v) is 8.13. The van der Waals surface area contributed by atoms with E-state index in [0.29, 0.717) is 5.56 Å². The topological polar surface area (TPSA) is 64.1 Å². The van der Waals surface area contributed by atoms with E-state index in [4.69, 9.17) is 5.11 Å². The van der Waals surface area contributed by atoms with Gasteiger partial charge in [-0.05, 0) is 31.5 Å². The Morgan fingerprint density at radius 2 is 1.61 bits per heavy atom.